The molecule has 2 aromatic rings. The van der Waals surface area contributed by atoms with Crippen molar-refractivity contribution in [2.75, 3.05) is 19.6 Å². The summed E-state index contributed by atoms with van der Waals surface area (Å²) in [5, 5.41) is 8.23. The highest BCUT2D eigenvalue weighted by atomic mass is 32.2. The van der Waals surface area contributed by atoms with Crippen molar-refractivity contribution >= 4 is 15.9 Å². The van der Waals surface area contributed by atoms with Gasteiger partial charge in [0, 0.05) is 26.1 Å². The van der Waals surface area contributed by atoms with E-state index in [0.717, 1.165) is 12.0 Å². The van der Waals surface area contributed by atoms with Crippen molar-refractivity contribution in [3.05, 3.63) is 42.2 Å². The molecule has 1 fully saturated rings. The highest BCUT2D eigenvalue weighted by Crippen LogP contribution is 2.23. The second kappa shape index (κ2) is 8.00. The first-order chi connectivity index (χ1) is 13.2. The Balaban J connectivity index is 1.50. The molecule has 0 radical (unpaired) electrons. The van der Waals surface area contributed by atoms with Crippen molar-refractivity contribution in [2.24, 2.45) is 0 Å². The fourth-order valence-corrected chi connectivity index (χ4v) is 4.27. The fourth-order valence-electron chi connectivity index (χ4n) is 3.24. The lowest BCUT2D eigenvalue weighted by Crippen LogP contribution is -2.33. The van der Waals surface area contributed by atoms with Crippen LogP contribution in [0, 0.1) is 0 Å². The predicted octanol–water partition coefficient (Wildman–Crippen LogP) is 1.72. The molecule has 0 saturated carbocycles. The van der Waals surface area contributed by atoms with Crippen LogP contribution in [0.3, 0.4) is 0 Å². The van der Waals surface area contributed by atoms with Crippen molar-refractivity contribution in [3.63, 3.8) is 0 Å². The van der Waals surface area contributed by atoms with Gasteiger partial charge in [0.15, 0.2) is 0 Å². The molecule has 152 valence electrons. The Bertz CT molecular complexity index is 902. The molecule has 9 heteroatoms. The lowest BCUT2D eigenvalue weighted by molar-refractivity contribution is -0.130. The van der Waals surface area contributed by atoms with Crippen LogP contribution in [-0.4, -0.2) is 53.9 Å². The number of rotatable bonds is 6. The zero-order valence-electron chi connectivity index (χ0n) is 16.5. The molecule has 1 N–H and O–H groups in total. The topological polar surface area (TPSA) is 97.2 Å². The van der Waals surface area contributed by atoms with Gasteiger partial charge < -0.3 is 4.90 Å². The Morgan fingerprint density at radius 2 is 1.82 bits per heavy atom. The van der Waals surface area contributed by atoms with Crippen molar-refractivity contribution < 1.29 is 13.2 Å². The molecule has 2 heterocycles. The third-order valence-electron chi connectivity index (χ3n) is 4.94. The summed E-state index contributed by atoms with van der Waals surface area (Å²) in [5.74, 6) is -0.0690. The molecular weight excluding hydrogens is 378 g/mol. The first-order valence-corrected chi connectivity index (χ1v) is 10.9. The lowest BCUT2D eigenvalue weighted by atomic mass is 9.87. The van der Waals surface area contributed by atoms with Crippen LogP contribution in [0.5, 0.6) is 0 Å². The Morgan fingerprint density at radius 3 is 2.43 bits per heavy atom. The second-order valence-electron chi connectivity index (χ2n) is 8.05. The molecule has 0 aliphatic carbocycles. The minimum Gasteiger partial charge on any atom is -0.340 e. The maximum Gasteiger partial charge on any atom is 0.240 e. The number of hydrogen-bond donors (Lipinski definition) is 1. The van der Waals surface area contributed by atoms with Crippen LogP contribution in [0.2, 0.25) is 0 Å². The van der Waals surface area contributed by atoms with E-state index in [9.17, 15) is 13.2 Å². The van der Waals surface area contributed by atoms with E-state index >= 15 is 0 Å². The summed E-state index contributed by atoms with van der Waals surface area (Å²) in [4.78, 5) is 15.9. The normalized spacial score (nSPS) is 17.8. The molecule has 0 spiro atoms. The number of nitrogens with zero attached hydrogens (tertiary/aromatic N) is 4. The van der Waals surface area contributed by atoms with Crippen LogP contribution in [0.4, 0.5) is 0 Å². The SMILES string of the molecule is CC(C)(C)c1ccc(S(=O)(=O)NCCC(=O)N2CC[C@@H](n3nccn3)C2)cc1. The summed E-state index contributed by atoms with van der Waals surface area (Å²) >= 11 is 0. The number of aromatic nitrogens is 3. The molecule has 1 saturated heterocycles. The predicted molar refractivity (Wildman–Crippen MR) is 105 cm³/mol. The van der Waals surface area contributed by atoms with E-state index in [1.165, 1.54) is 0 Å². The van der Waals surface area contributed by atoms with Gasteiger partial charge in [-0.15, -0.1) is 0 Å². The summed E-state index contributed by atoms with van der Waals surface area (Å²) in [6, 6.07) is 6.94. The zero-order valence-corrected chi connectivity index (χ0v) is 17.3. The van der Waals surface area contributed by atoms with Crippen molar-refractivity contribution in [2.45, 2.75) is 50.0 Å². The van der Waals surface area contributed by atoms with Gasteiger partial charge in [0.1, 0.15) is 0 Å². The zero-order chi connectivity index (χ0) is 20.4. The van der Waals surface area contributed by atoms with Gasteiger partial charge >= 0.3 is 0 Å². The summed E-state index contributed by atoms with van der Waals surface area (Å²) in [7, 11) is -3.63. The third kappa shape index (κ3) is 4.77. The number of hydrogen-bond acceptors (Lipinski definition) is 5. The highest BCUT2D eigenvalue weighted by Gasteiger charge is 2.28. The maximum absolute atomic E-state index is 12.4. The van der Waals surface area contributed by atoms with E-state index in [1.807, 2.05) is 12.1 Å². The number of benzene rings is 1. The third-order valence-corrected chi connectivity index (χ3v) is 6.42. The molecule has 8 nitrogen and oxygen atoms in total. The number of sulfonamides is 1. The van der Waals surface area contributed by atoms with Gasteiger partial charge in [-0.05, 0) is 29.5 Å². The molecule has 1 aromatic carbocycles. The van der Waals surface area contributed by atoms with Crippen molar-refractivity contribution in [1.82, 2.24) is 24.6 Å². The Morgan fingerprint density at radius 1 is 1.18 bits per heavy atom. The molecule has 0 bridgehead atoms. The molecule has 3 rings (SSSR count). The van der Waals surface area contributed by atoms with Gasteiger partial charge in [-0.2, -0.15) is 15.0 Å². The number of amides is 1. The van der Waals surface area contributed by atoms with Crippen LogP contribution in [0.1, 0.15) is 45.2 Å². The van der Waals surface area contributed by atoms with Crippen LogP contribution < -0.4 is 4.72 Å². The van der Waals surface area contributed by atoms with Crippen LogP contribution in [0.15, 0.2) is 41.6 Å². The smallest absolute Gasteiger partial charge is 0.240 e. The molecule has 0 unspecified atom stereocenters. The van der Waals surface area contributed by atoms with Crippen LogP contribution >= 0.6 is 0 Å². The maximum atomic E-state index is 12.4. The van der Waals surface area contributed by atoms with Crippen LogP contribution in [-0.2, 0) is 20.2 Å². The first-order valence-electron chi connectivity index (χ1n) is 9.40. The Hall–Kier alpha value is -2.26. The average Bonchev–Trinajstić information content (AvgIpc) is 3.32. The first kappa shape index (κ1) is 20.5. The number of nitrogens with one attached hydrogen (secondary N) is 1. The lowest BCUT2D eigenvalue weighted by Gasteiger charge is -2.19. The van der Waals surface area contributed by atoms with E-state index in [2.05, 4.69) is 35.7 Å². The molecule has 28 heavy (non-hydrogen) atoms. The molecule has 1 aromatic heterocycles. The second-order valence-corrected chi connectivity index (χ2v) is 9.82. The fraction of sp³-hybridized carbons (Fsp3) is 0.526. The summed E-state index contributed by atoms with van der Waals surface area (Å²) in [5.41, 5.74) is 1.03. The molecule has 1 aliphatic heterocycles. The summed E-state index contributed by atoms with van der Waals surface area (Å²) in [6.07, 6.45) is 4.16. The summed E-state index contributed by atoms with van der Waals surface area (Å²) in [6.45, 7) is 7.48. The van der Waals surface area contributed by atoms with E-state index in [-0.39, 0.29) is 35.2 Å². The molecular formula is C19H27N5O3S. The van der Waals surface area contributed by atoms with Gasteiger partial charge in [0.25, 0.3) is 0 Å². The summed E-state index contributed by atoms with van der Waals surface area (Å²) < 4.78 is 27.4. The standard InChI is InChI=1S/C19H27N5O3S/c1-19(2,3)15-4-6-17(7-5-15)28(26,27)22-10-8-18(25)23-13-9-16(14-23)24-20-11-12-21-24/h4-7,11-12,16,22H,8-10,13-14H2,1-3H3/t16-/m1/s1. The average molecular weight is 406 g/mol. The number of likely N-dealkylation sites (tertiary alicyclic amines) is 1. The number of carbonyl (C=O) groups excluding carboxylic acids is 1. The van der Waals surface area contributed by atoms with Gasteiger partial charge in [0.05, 0.1) is 23.3 Å². The molecule has 1 atom stereocenters. The molecule has 1 aliphatic rings. The van der Waals surface area contributed by atoms with Gasteiger partial charge in [-0.1, -0.05) is 32.9 Å². The van der Waals surface area contributed by atoms with Crippen molar-refractivity contribution in [1.29, 1.82) is 0 Å². The quantitative estimate of drug-likeness (QED) is 0.789. The largest absolute Gasteiger partial charge is 0.340 e. The van der Waals surface area contributed by atoms with E-state index in [4.69, 9.17) is 0 Å². The van der Waals surface area contributed by atoms with Crippen LogP contribution in [0.25, 0.3) is 0 Å². The Labute approximate surface area is 166 Å². The Kier molecular flexibility index (Phi) is 5.85. The number of carbonyl (C=O) groups is 1. The van der Waals surface area contributed by atoms with Gasteiger partial charge in [0.2, 0.25) is 15.9 Å². The van der Waals surface area contributed by atoms with E-state index < -0.39 is 10.0 Å². The molecule has 1 amide bonds. The van der Waals surface area contributed by atoms with Gasteiger partial charge in [-0.3, -0.25) is 4.79 Å². The highest BCUT2D eigenvalue weighted by molar-refractivity contribution is 7.89. The van der Waals surface area contributed by atoms with E-state index in [1.54, 1.807) is 34.2 Å². The minimum absolute atomic E-state index is 0.0403. The van der Waals surface area contributed by atoms with Crippen molar-refractivity contribution in [3.8, 4) is 0 Å². The minimum atomic E-state index is -3.63. The monoisotopic (exact) mass is 405 g/mol. The van der Waals surface area contributed by atoms with E-state index in [0.29, 0.717) is 13.1 Å². The van der Waals surface area contributed by atoms with Gasteiger partial charge in [-0.25, -0.2) is 13.1 Å².